The summed E-state index contributed by atoms with van der Waals surface area (Å²) < 4.78 is 15.9. The van der Waals surface area contributed by atoms with Crippen LogP contribution in [0.15, 0.2) is 30.7 Å². The first-order valence-electron chi connectivity index (χ1n) is 7.65. The Kier molecular flexibility index (Phi) is 5.40. The number of hydrogen-bond acceptors (Lipinski definition) is 8. The lowest BCUT2D eigenvalue weighted by atomic mass is 10.0. The topological polar surface area (TPSA) is 82.6 Å². The number of nitrogens with one attached hydrogen (secondary N) is 1. The van der Waals surface area contributed by atoms with Crippen molar-refractivity contribution in [3.63, 3.8) is 0 Å². The normalized spacial score (nSPS) is 19.5. The minimum atomic E-state index is -0.312. The Balaban J connectivity index is 1.82. The fraction of sp³-hybridized carbons (Fsp3) is 0.353. The van der Waals surface area contributed by atoms with Gasteiger partial charge in [-0.2, -0.15) is 0 Å². The van der Waals surface area contributed by atoms with E-state index in [0.29, 0.717) is 28.6 Å². The fourth-order valence-corrected chi connectivity index (χ4v) is 3.88. The van der Waals surface area contributed by atoms with E-state index >= 15 is 0 Å². The van der Waals surface area contributed by atoms with E-state index in [-0.39, 0.29) is 17.2 Å². The van der Waals surface area contributed by atoms with Gasteiger partial charge in [-0.1, -0.05) is 0 Å². The lowest BCUT2D eigenvalue weighted by molar-refractivity contribution is 0.0954. The molecule has 2 unspecified atom stereocenters. The largest absolute Gasteiger partial charge is 0.493 e. The van der Waals surface area contributed by atoms with Crippen molar-refractivity contribution >= 4 is 17.5 Å². The first kappa shape index (κ1) is 17.5. The number of rotatable bonds is 6. The zero-order chi connectivity index (χ0) is 17.8. The maximum atomic E-state index is 12.9. The number of ketones is 1. The molecule has 1 fully saturated rings. The van der Waals surface area contributed by atoms with E-state index in [0.717, 1.165) is 5.69 Å². The van der Waals surface area contributed by atoms with Crippen molar-refractivity contribution < 1.29 is 19.0 Å². The molecule has 7 nitrogen and oxygen atoms in total. The molecule has 2 heterocycles. The SMILES string of the molecule is COc1cc(C(=O)C2CSC(c3ccncn3)N2)cc(OC)c1OC. The van der Waals surface area contributed by atoms with Gasteiger partial charge in [-0.05, 0) is 18.2 Å². The van der Waals surface area contributed by atoms with E-state index in [4.69, 9.17) is 14.2 Å². The van der Waals surface area contributed by atoms with Crippen LogP contribution in [0, 0.1) is 0 Å². The van der Waals surface area contributed by atoms with E-state index in [1.54, 1.807) is 30.1 Å². The van der Waals surface area contributed by atoms with E-state index in [1.165, 1.54) is 27.7 Å². The summed E-state index contributed by atoms with van der Waals surface area (Å²) in [5.74, 6) is 2.02. The molecule has 0 amide bonds. The Labute approximate surface area is 150 Å². The fourth-order valence-electron chi connectivity index (χ4n) is 2.67. The lowest BCUT2D eigenvalue weighted by Gasteiger charge is -2.16. The highest BCUT2D eigenvalue weighted by molar-refractivity contribution is 7.99. The van der Waals surface area contributed by atoms with Gasteiger partial charge < -0.3 is 14.2 Å². The predicted octanol–water partition coefficient (Wildman–Crippen LogP) is 2.09. The summed E-state index contributed by atoms with van der Waals surface area (Å²) >= 11 is 1.64. The van der Waals surface area contributed by atoms with Crippen LogP contribution in [0.25, 0.3) is 0 Å². The van der Waals surface area contributed by atoms with Gasteiger partial charge in [0.25, 0.3) is 0 Å². The second-order valence-electron chi connectivity index (χ2n) is 5.35. The van der Waals surface area contributed by atoms with Gasteiger partial charge in [-0.3, -0.25) is 10.1 Å². The van der Waals surface area contributed by atoms with Crippen molar-refractivity contribution in [1.29, 1.82) is 0 Å². The minimum absolute atomic E-state index is 0.0247. The Morgan fingerprint density at radius 2 is 1.92 bits per heavy atom. The van der Waals surface area contributed by atoms with Gasteiger partial charge in [0.05, 0.1) is 38.4 Å². The molecule has 1 aromatic heterocycles. The van der Waals surface area contributed by atoms with Crippen LogP contribution in [0.5, 0.6) is 17.2 Å². The smallest absolute Gasteiger partial charge is 0.203 e. The molecule has 2 aromatic rings. The van der Waals surface area contributed by atoms with Crippen molar-refractivity contribution in [2.24, 2.45) is 0 Å². The number of hydrogen-bond donors (Lipinski definition) is 1. The van der Waals surface area contributed by atoms with Gasteiger partial charge in [0, 0.05) is 17.5 Å². The van der Waals surface area contributed by atoms with Gasteiger partial charge in [-0.25, -0.2) is 9.97 Å². The molecule has 1 N–H and O–H groups in total. The van der Waals surface area contributed by atoms with Crippen molar-refractivity contribution in [2.45, 2.75) is 11.4 Å². The third-order valence-electron chi connectivity index (χ3n) is 3.92. The standard InChI is InChI=1S/C17H19N3O4S/c1-22-13-6-10(7-14(23-2)16(13)24-3)15(21)12-8-25-17(20-12)11-4-5-18-9-19-11/h4-7,9,12,17,20H,8H2,1-3H3. The third kappa shape index (κ3) is 3.54. The van der Waals surface area contributed by atoms with Crippen LogP contribution in [0.4, 0.5) is 0 Å². The van der Waals surface area contributed by atoms with Crippen molar-refractivity contribution in [3.8, 4) is 17.2 Å². The maximum Gasteiger partial charge on any atom is 0.203 e. The Morgan fingerprint density at radius 1 is 1.20 bits per heavy atom. The minimum Gasteiger partial charge on any atom is -0.493 e. The number of carbonyl (C=O) groups excluding carboxylic acids is 1. The summed E-state index contributed by atoms with van der Waals surface area (Å²) in [6, 6.07) is 4.88. The first-order valence-corrected chi connectivity index (χ1v) is 8.70. The third-order valence-corrected chi connectivity index (χ3v) is 5.16. The summed E-state index contributed by atoms with van der Waals surface area (Å²) in [5, 5.41) is 3.29. The van der Waals surface area contributed by atoms with Gasteiger partial charge >= 0.3 is 0 Å². The van der Waals surface area contributed by atoms with Gasteiger partial charge in [-0.15, -0.1) is 11.8 Å². The van der Waals surface area contributed by atoms with Gasteiger partial charge in [0.2, 0.25) is 5.75 Å². The highest BCUT2D eigenvalue weighted by Crippen LogP contribution is 2.39. The predicted molar refractivity (Wildman–Crippen MR) is 94.6 cm³/mol. The average molecular weight is 361 g/mol. The molecule has 1 saturated heterocycles. The molecule has 25 heavy (non-hydrogen) atoms. The van der Waals surface area contributed by atoms with Crippen LogP contribution < -0.4 is 19.5 Å². The molecule has 0 aliphatic carbocycles. The van der Waals surface area contributed by atoms with Crippen molar-refractivity contribution in [3.05, 3.63) is 42.0 Å². The first-order chi connectivity index (χ1) is 12.2. The summed E-state index contributed by atoms with van der Waals surface area (Å²) in [4.78, 5) is 21.1. The number of thioether (sulfide) groups is 1. The summed E-state index contributed by atoms with van der Waals surface area (Å²) in [5.41, 5.74) is 1.37. The molecule has 132 valence electrons. The zero-order valence-electron chi connectivity index (χ0n) is 14.2. The quantitative estimate of drug-likeness (QED) is 0.783. The van der Waals surface area contributed by atoms with Crippen molar-refractivity contribution in [2.75, 3.05) is 27.1 Å². The monoisotopic (exact) mass is 361 g/mol. The molecule has 3 rings (SSSR count). The second-order valence-corrected chi connectivity index (χ2v) is 6.48. The number of nitrogens with zero attached hydrogens (tertiary/aromatic N) is 2. The molecule has 1 aromatic carbocycles. The highest BCUT2D eigenvalue weighted by Gasteiger charge is 2.32. The molecule has 8 heteroatoms. The zero-order valence-corrected chi connectivity index (χ0v) is 15.0. The molecule has 1 aliphatic heterocycles. The molecular formula is C17H19N3O4S. The molecular weight excluding hydrogens is 342 g/mol. The van der Waals surface area contributed by atoms with Crippen LogP contribution in [-0.4, -0.2) is 48.9 Å². The Bertz CT molecular complexity index is 732. The number of methoxy groups -OCH3 is 3. The molecule has 0 spiro atoms. The molecule has 1 aliphatic rings. The van der Waals surface area contributed by atoms with Gasteiger partial charge in [0.15, 0.2) is 17.3 Å². The number of ether oxygens (including phenoxy) is 3. The van der Waals surface area contributed by atoms with E-state index in [1.807, 2.05) is 6.07 Å². The number of carbonyl (C=O) groups is 1. The van der Waals surface area contributed by atoms with E-state index in [2.05, 4.69) is 15.3 Å². The maximum absolute atomic E-state index is 12.9. The Morgan fingerprint density at radius 3 is 2.48 bits per heavy atom. The molecule has 0 radical (unpaired) electrons. The number of Topliss-reactive ketones (excluding diaryl/α,β-unsaturated/α-hetero) is 1. The summed E-state index contributed by atoms with van der Waals surface area (Å²) in [6.45, 7) is 0. The van der Waals surface area contributed by atoms with Crippen LogP contribution in [-0.2, 0) is 0 Å². The lowest BCUT2D eigenvalue weighted by Crippen LogP contribution is -2.34. The second kappa shape index (κ2) is 7.71. The number of aromatic nitrogens is 2. The van der Waals surface area contributed by atoms with Crippen LogP contribution >= 0.6 is 11.8 Å². The van der Waals surface area contributed by atoms with Gasteiger partial charge in [0.1, 0.15) is 6.33 Å². The van der Waals surface area contributed by atoms with Crippen LogP contribution in [0.3, 0.4) is 0 Å². The van der Waals surface area contributed by atoms with E-state index in [9.17, 15) is 4.79 Å². The molecule has 0 saturated carbocycles. The van der Waals surface area contributed by atoms with Crippen molar-refractivity contribution in [1.82, 2.24) is 15.3 Å². The molecule has 0 bridgehead atoms. The summed E-state index contributed by atoms with van der Waals surface area (Å²) in [7, 11) is 4.59. The van der Waals surface area contributed by atoms with Crippen LogP contribution in [0.1, 0.15) is 21.4 Å². The van der Waals surface area contributed by atoms with E-state index < -0.39 is 0 Å². The summed E-state index contributed by atoms with van der Waals surface area (Å²) in [6.07, 6.45) is 3.20. The average Bonchev–Trinajstić information content (AvgIpc) is 3.17. The van der Waals surface area contributed by atoms with Crippen LogP contribution in [0.2, 0.25) is 0 Å². The highest BCUT2D eigenvalue weighted by atomic mass is 32.2. The molecule has 2 atom stereocenters. The Hall–Kier alpha value is -2.32. The number of benzene rings is 1.